The van der Waals surface area contributed by atoms with Crippen LogP contribution in [-0.2, 0) is 4.79 Å². The third kappa shape index (κ3) is 3.64. The molecule has 0 aliphatic rings. The summed E-state index contributed by atoms with van der Waals surface area (Å²) in [5.74, 6) is -0.978. The predicted molar refractivity (Wildman–Crippen MR) is 59.8 cm³/mol. The van der Waals surface area contributed by atoms with Crippen molar-refractivity contribution in [2.45, 2.75) is 13.0 Å². The Morgan fingerprint density at radius 2 is 2.20 bits per heavy atom. The highest BCUT2D eigenvalue weighted by molar-refractivity contribution is 6.31. The van der Waals surface area contributed by atoms with Crippen LogP contribution in [0.2, 0.25) is 5.02 Å². The molecule has 0 heterocycles. The smallest absolute Gasteiger partial charge is 0.329 e. The molecule has 1 unspecified atom stereocenters. The van der Waals surface area contributed by atoms with Gasteiger partial charge in [0.05, 0.1) is 0 Å². The van der Waals surface area contributed by atoms with E-state index < -0.39 is 5.97 Å². The summed E-state index contributed by atoms with van der Waals surface area (Å²) >= 11 is 5.98. The van der Waals surface area contributed by atoms with Crippen molar-refractivity contribution in [1.82, 2.24) is 5.32 Å². The first-order valence-electron chi connectivity index (χ1n) is 4.51. The lowest BCUT2D eigenvalue weighted by Gasteiger charge is -2.13. The van der Waals surface area contributed by atoms with E-state index in [9.17, 15) is 4.79 Å². The average molecular weight is 226 g/mol. The molecule has 0 saturated carbocycles. The van der Waals surface area contributed by atoms with E-state index in [-0.39, 0.29) is 6.04 Å². The monoisotopic (exact) mass is 225 g/mol. The number of carboxylic acids is 1. The van der Waals surface area contributed by atoms with Gasteiger partial charge in [0.1, 0.15) is 0 Å². The molecule has 1 atom stereocenters. The van der Waals surface area contributed by atoms with Gasteiger partial charge in [-0.25, -0.2) is 4.79 Å². The molecule has 3 nitrogen and oxygen atoms in total. The van der Waals surface area contributed by atoms with E-state index >= 15 is 0 Å². The molecule has 4 heteroatoms. The van der Waals surface area contributed by atoms with Crippen LogP contribution in [0.1, 0.15) is 18.5 Å². The number of benzene rings is 1. The second kappa shape index (κ2) is 5.41. The number of carbonyl (C=O) groups is 1. The Morgan fingerprint density at radius 3 is 2.80 bits per heavy atom. The number of halogens is 1. The van der Waals surface area contributed by atoms with Gasteiger partial charge in [0.2, 0.25) is 0 Å². The van der Waals surface area contributed by atoms with E-state index in [0.29, 0.717) is 5.02 Å². The molecule has 0 amide bonds. The molecular weight excluding hydrogens is 214 g/mol. The van der Waals surface area contributed by atoms with Gasteiger partial charge in [-0.15, -0.1) is 0 Å². The highest BCUT2D eigenvalue weighted by atomic mass is 35.5. The highest BCUT2D eigenvalue weighted by Crippen LogP contribution is 2.21. The van der Waals surface area contributed by atoms with Crippen molar-refractivity contribution in [3.8, 4) is 0 Å². The third-order valence-electron chi connectivity index (χ3n) is 1.94. The van der Waals surface area contributed by atoms with Gasteiger partial charge in [0.15, 0.2) is 0 Å². The van der Waals surface area contributed by atoms with Crippen LogP contribution in [0, 0.1) is 0 Å². The van der Waals surface area contributed by atoms with Crippen LogP contribution in [0.5, 0.6) is 0 Å². The van der Waals surface area contributed by atoms with Gasteiger partial charge in [-0.1, -0.05) is 29.8 Å². The van der Waals surface area contributed by atoms with Gasteiger partial charge in [0, 0.05) is 23.3 Å². The van der Waals surface area contributed by atoms with Gasteiger partial charge < -0.3 is 10.4 Å². The Labute approximate surface area is 93.4 Å². The Morgan fingerprint density at radius 1 is 1.53 bits per heavy atom. The number of rotatable bonds is 4. The maximum absolute atomic E-state index is 10.2. The van der Waals surface area contributed by atoms with E-state index in [4.69, 9.17) is 16.7 Å². The Balaban J connectivity index is 2.65. The molecule has 15 heavy (non-hydrogen) atoms. The molecule has 0 aliphatic heterocycles. The lowest BCUT2D eigenvalue weighted by molar-refractivity contribution is -0.131. The number of hydrogen-bond donors (Lipinski definition) is 2. The minimum Gasteiger partial charge on any atom is -0.478 e. The van der Waals surface area contributed by atoms with E-state index in [0.717, 1.165) is 11.6 Å². The zero-order chi connectivity index (χ0) is 11.3. The molecule has 0 saturated heterocycles. The predicted octanol–water partition coefficient (Wildman–Crippen LogP) is 2.59. The molecule has 0 fully saturated rings. The van der Waals surface area contributed by atoms with Crippen molar-refractivity contribution >= 4 is 17.6 Å². The maximum Gasteiger partial charge on any atom is 0.329 e. The fourth-order valence-electron chi connectivity index (χ4n) is 1.18. The van der Waals surface area contributed by atoms with Crippen LogP contribution in [0.3, 0.4) is 0 Å². The Kier molecular flexibility index (Phi) is 4.18. The van der Waals surface area contributed by atoms with Crippen molar-refractivity contribution in [3.63, 3.8) is 0 Å². The standard InChI is InChI=1S/C11H12ClNO2/c1-8(13-7-6-11(14)15)9-4-2-3-5-10(9)12/h2-8,13H,1H3,(H,14,15)/b7-6+. The first kappa shape index (κ1) is 11.6. The van der Waals surface area contributed by atoms with Crippen LogP contribution in [0.4, 0.5) is 0 Å². The van der Waals surface area contributed by atoms with Crippen LogP contribution in [0.25, 0.3) is 0 Å². The number of nitrogens with one attached hydrogen (secondary N) is 1. The molecule has 0 spiro atoms. The SMILES string of the molecule is CC(N/C=C/C(=O)O)c1ccccc1Cl. The molecule has 0 aliphatic carbocycles. The lowest BCUT2D eigenvalue weighted by Crippen LogP contribution is -2.12. The van der Waals surface area contributed by atoms with Gasteiger partial charge in [-0.3, -0.25) is 0 Å². The van der Waals surface area contributed by atoms with Gasteiger partial charge in [-0.05, 0) is 18.6 Å². The lowest BCUT2D eigenvalue weighted by atomic mass is 10.1. The second-order valence-corrected chi connectivity index (χ2v) is 3.49. The van der Waals surface area contributed by atoms with Crippen molar-refractivity contribution in [3.05, 3.63) is 47.1 Å². The zero-order valence-corrected chi connectivity index (χ0v) is 9.03. The molecule has 0 aromatic heterocycles. The van der Waals surface area contributed by atoms with Crippen molar-refractivity contribution < 1.29 is 9.90 Å². The first-order valence-corrected chi connectivity index (χ1v) is 4.89. The van der Waals surface area contributed by atoms with Crippen LogP contribution < -0.4 is 5.32 Å². The fraction of sp³-hybridized carbons (Fsp3) is 0.182. The number of hydrogen-bond acceptors (Lipinski definition) is 2. The second-order valence-electron chi connectivity index (χ2n) is 3.08. The van der Waals surface area contributed by atoms with Gasteiger partial charge in [0.25, 0.3) is 0 Å². The van der Waals surface area contributed by atoms with Crippen molar-refractivity contribution in [1.29, 1.82) is 0 Å². The summed E-state index contributed by atoms with van der Waals surface area (Å²) in [7, 11) is 0. The summed E-state index contributed by atoms with van der Waals surface area (Å²) in [5, 5.41) is 12.0. The fourth-order valence-corrected chi connectivity index (χ4v) is 1.48. The highest BCUT2D eigenvalue weighted by Gasteiger charge is 2.06. The number of carboxylic acid groups (broad SMARTS) is 1. The summed E-state index contributed by atoms with van der Waals surface area (Å²) in [6.07, 6.45) is 2.45. The summed E-state index contributed by atoms with van der Waals surface area (Å²) < 4.78 is 0. The molecule has 0 radical (unpaired) electrons. The summed E-state index contributed by atoms with van der Waals surface area (Å²) in [6, 6.07) is 7.42. The first-order chi connectivity index (χ1) is 7.11. The van der Waals surface area contributed by atoms with Crippen LogP contribution >= 0.6 is 11.6 Å². The number of aliphatic carboxylic acids is 1. The molecule has 0 bridgehead atoms. The van der Waals surface area contributed by atoms with Crippen molar-refractivity contribution in [2.75, 3.05) is 0 Å². The quantitative estimate of drug-likeness (QED) is 0.775. The summed E-state index contributed by atoms with van der Waals surface area (Å²) in [5.41, 5.74) is 0.939. The minimum absolute atomic E-state index is 0.0192. The summed E-state index contributed by atoms with van der Waals surface area (Å²) in [4.78, 5) is 10.2. The van der Waals surface area contributed by atoms with Crippen molar-refractivity contribution in [2.24, 2.45) is 0 Å². The molecule has 1 rings (SSSR count). The van der Waals surface area contributed by atoms with E-state index in [1.807, 2.05) is 25.1 Å². The normalized spacial score (nSPS) is 12.7. The molecule has 1 aromatic rings. The largest absolute Gasteiger partial charge is 0.478 e. The third-order valence-corrected chi connectivity index (χ3v) is 2.29. The Hall–Kier alpha value is -1.48. The Bertz CT molecular complexity index is 377. The van der Waals surface area contributed by atoms with E-state index in [2.05, 4.69) is 5.32 Å². The minimum atomic E-state index is -0.978. The topological polar surface area (TPSA) is 49.3 Å². The molecule has 2 N–H and O–H groups in total. The van der Waals surface area contributed by atoms with E-state index in [1.165, 1.54) is 6.20 Å². The van der Waals surface area contributed by atoms with Gasteiger partial charge >= 0.3 is 5.97 Å². The van der Waals surface area contributed by atoms with E-state index in [1.54, 1.807) is 6.07 Å². The maximum atomic E-state index is 10.2. The molecule has 80 valence electrons. The summed E-state index contributed by atoms with van der Waals surface area (Å²) in [6.45, 7) is 1.91. The molecule has 1 aromatic carbocycles. The van der Waals surface area contributed by atoms with Crippen LogP contribution in [-0.4, -0.2) is 11.1 Å². The van der Waals surface area contributed by atoms with Crippen LogP contribution in [0.15, 0.2) is 36.5 Å². The zero-order valence-electron chi connectivity index (χ0n) is 8.27. The van der Waals surface area contributed by atoms with Gasteiger partial charge in [-0.2, -0.15) is 0 Å². The average Bonchev–Trinajstić information content (AvgIpc) is 2.17. The molecular formula is C11H12ClNO2.